The van der Waals surface area contributed by atoms with Gasteiger partial charge in [-0.2, -0.15) is 17.0 Å². The van der Waals surface area contributed by atoms with Crippen LogP contribution < -0.4 is 10.1 Å². The number of rotatable bonds is 6. The van der Waals surface area contributed by atoms with Crippen LogP contribution >= 0.6 is 11.8 Å². The molecule has 3 nitrogen and oxygen atoms in total. The summed E-state index contributed by atoms with van der Waals surface area (Å²) < 4.78 is 5.45. The number of hydrogen-bond acceptors (Lipinski definition) is 4. The Morgan fingerprint density at radius 1 is 1.42 bits per heavy atom. The van der Waals surface area contributed by atoms with Crippen molar-refractivity contribution in [3.05, 3.63) is 29.8 Å². The van der Waals surface area contributed by atoms with Crippen LogP contribution in [-0.4, -0.2) is 24.2 Å². The maximum Gasteiger partial charge on any atom is 0.174 e. The van der Waals surface area contributed by atoms with E-state index in [1.165, 1.54) is 19.3 Å². The fourth-order valence-electron chi connectivity index (χ4n) is 2.58. The second kappa shape index (κ2) is 7.42. The zero-order chi connectivity index (χ0) is 13.5. The van der Waals surface area contributed by atoms with Crippen LogP contribution in [-0.2, 0) is 6.54 Å². The highest BCUT2D eigenvalue weighted by Crippen LogP contribution is 2.29. The number of thioether (sulfide) groups is 1. The molecule has 0 bridgehead atoms. The average Bonchev–Trinajstić information content (AvgIpc) is 2.91. The van der Waals surface area contributed by atoms with E-state index in [4.69, 9.17) is 10.00 Å². The quantitative estimate of drug-likeness (QED) is 0.867. The Labute approximate surface area is 119 Å². The summed E-state index contributed by atoms with van der Waals surface area (Å²) in [5.74, 6) is 0.815. The number of para-hydroxylation sites is 1. The van der Waals surface area contributed by atoms with E-state index in [1.54, 1.807) is 0 Å². The lowest BCUT2D eigenvalue weighted by Gasteiger charge is -2.20. The van der Waals surface area contributed by atoms with Crippen LogP contribution in [0.4, 0.5) is 0 Å². The van der Waals surface area contributed by atoms with E-state index >= 15 is 0 Å². The molecule has 102 valence electrons. The van der Waals surface area contributed by atoms with E-state index in [1.807, 2.05) is 36.0 Å². The van der Waals surface area contributed by atoms with Gasteiger partial charge in [0.25, 0.3) is 0 Å². The molecule has 0 aliphatic heterocycles. The number of nitrogens with one attached hydrogen (secondary N) is 1. The summed E-state index contributed by atoms with van der Waals surface area (Å²) in [6, 6.07) is 10.5. The van der Waals surface area contributed by atoms with Crippen LogP contribution in [0.1, 0.15) is 24.8 Å². The Morgan fingerprint density at radius 2 is 2.26 bits per heavy atom. The molecule has 0 heterocycles. The van der Waals surface area contributed by atoms with E-state index in [0.717, 1.165) is 23.1 Å². The molecule has 1 aliphatic rings. The summed E-state index contributed by atoms with van der Waals surface area (Å²) in [5.41, 5.74) is 1.13. The molecule has 4 heteroatoms. The Hall–Kier alpha value is -1.18. The van der Waals surface area contributed by atoms with Crippen LogP contribution in [0.5, 0.6) is 5.75 Å². The zero-order valence-corrected chi connectivity index (χ0v) is 12.1. The highest BCUT2D eigenvalue weighted by molar-refractivity contribution is 7.99. The first kappa shape index (κ1) is 14.2. The molecule has 0 aromatic heterocycles. The van der Waals surface area contributed by atoms with Crippen LogP contribution in [0.15, 0.2) is 24.3 Å². The zero-order valence-electron chi connectivity index (χ0n) is 11.3. The smallest absolute Gasteiger partial charge is 0.174 e. The van der Waals surface area contributed by atoms with Crippen molar-refractivity contribution < 1.29 is 4.74 Å². The molecule has 0 radical (unpaired) electrons. The van der Waals surface area contributed by atoms with Crippen LogP contribution in [0.2, 0.25) is 0 Å². The van der Waals surface area contributed by atoms with Crippen molar-refractivity contribution >= 4 is 11.8 Å². The molecule has 0 saturated heterocycles. The highest BCUT2D eigenvalue weighted by Gasteiger charge is 2.25. The summed E-state index contributed by atoms with van der Waals surface area (Å²) in [6.07, 6.45) is 6.07. The van der Waals surface area contributed by atoms with Crippen molar-refractivity contribution in [1.82, 2.24) is 5.32 Å². The summed E-state index contributed by atoms with van der Waals surface area (Å²) >= 11 is 1.96. The van der Waals surface area contributed by atoms with Gasteiger partial charge in [-0.25, -0.2) is 0 Å². The summed E-state index contributed by atoms with van der Waals surface area (Å²) in [6.45, 7) is 0.914. The lowest BCUT2D eigenvalue weighted by Crippen LogP contribution is -2.33. The fourth-order valence-corrected chi connectivity index (χ4v) is 3.55. The van der Waals surface area contributed by atoms with Crippen molar-refractivity contribution in [3.8, 4) is 11.8 Å². The minimum absolute atomic E-state index is 0.105. The lowest BCUT2D eigenvalue weighted by molar-refractivity contribution is 0.361. The number of benzene rings is 1. The monoisotopic (exact) mass is 276 g/mol. The average molecular weight is 276 g/mol. The molecular weight excluding hydrogens is 256 g/mol. The fraction of sp³-hybridized carbons (Fsp3) is 0.533. The summed E-state index contributed by atoms with van der Waals surface area (Å²) in [7, 11) is 0. The van der Waals surface area contributed by atoms with Gasteiger partial charge in [0.15, 0.2) is 6.61 Å². The molecule has 0 spiro atoms. The Balaban J connectivity index is 1.93. The third-order valence-corrected chi connectivity index (χ3v) is 4.74. The van der Waals surface area contributed by atoms with Gasteiger partial charge in [0.05, 0.1) is 0 Å². The molecule has 1 aromatic carbocycles. The molecule has 2 unspecified atom stereocenters. The van der Waals surface area contributed by atoms with Gasteiger partial charge in [0.1, 0.15) is 11.8 Å². The molecule has 19 heavy (non-hydrogen) atoms. The number of nitriles is 1. The predicted molar refractivity (Wildman–Crippen MR) is 79.3 cm³/mol. The third-order valence-electron chi connectivity index (χ3n) is 3.57. The van der Waals surface area contributed by atoms with E-state index in [0.29, 0.717) is 6.04 Å². The van der Waals surface area contributed by atoms with Crippen LogP contribution in [0, 0.1) is 11.3 Å². The molecule has 2 atom stereocenters. The minimum atomic E-state index is 0.105. The molecule has 1 aromatic rings. The molecule has 1 fully saturated rings. The standard InChI is InChI=1S/C15H20N2OS/c1-19-15-8-4-6-13(15)17-11-12-5-2-3-7-14(12)18-10-9-16/h2-3,5,7,13,15,17H,4,6,8,10-11H2,1H3. The molecule has 1 saturated carbocycles. The molecule has 1 N–H and O–H groups in total. The first-order chi connectivity index (χ1) is 9.35. The van der Waals surface area contributed by atoms with Gasteiger partial charge in [0.2, 0.25) is 0 Å². The van der Waals surface area contributed by atoms with Gasteiger partial charge in [-0.15, -0.1) is 0 Å². The maximum absolute atomic E-state index is 8.59. The van der Waals surface area contributed by atoms with Gasteiger partial charge in [-0.1, -0.05) is 24.6 Å². The van der Waals surface area contributed by atoms with Crippen molar-refractivity contribution in [2.75, 3.05) is 12.9 Å². The van der Waals surface area contributed by atoms with Crippen molar-refractivity contribution in [2.45, 2.75) is 37.1 Å². The second-order valence-electron chi connectivity index (χ2n) is 4.75. The van der Waals surface area contributed by atoms with Gasteiger partial charge >= 0.3 is 0 Å². The summed E-state index contributed by atoms with van der Waals surface area (Å²) in [4.78, 5) is 0. The highest BCUT2D eigenvalue weighted by atomic mass is 32.2. The van der Waals surface area contributed by atoms with Gasteiger partial charge in [-0.05, 0) is 25.2 Å². The second-order valence-corrected chi connectivity index (χ2v) is 5.82. The van der Waals surface area contributed by atoms with Crippen LogP contribution in [0.3, 0.4) is 0 Å². The van der Waals surface area contributed by atoms with Crippen molar-refractivity contribution in [2.24, 2.45) is 0 Å². The SMILES string of the molecule is CSC1CCCC1NCc1ccccc1OCC#N. The first-order valence-corrected chi connectivity index (χ1v) is 7.97. The van der Waals surface area contributed by atoms with E-state index in [2.05, 4.69) is 17.6 Å². The molecule has 2 rings (SSSR count). The number of ether oxygens (including phenoxy) is 1. The van der Waals surface area contributed by atoms with Crippen LogP contribution in [0.25, 0.3) is 0 Å². The van der Waals surface area contributed by atoms with Crippen molar-refractivity contribution in [1.29, 1.82) is 5.26 Å². The molecular formula is C15H20N2OS. The van der Waals surface area contributed by atoms with E-state index < -0.39 is 0 Å². The molecule has 1 aliphatic carbocycles. The van der Waals surface area contributed by atoms with E-state index in [9.17, 15) is 0 Å². The Bertz CT molecular complexity index is 444. The number of hydrogen-bond donors (Lipinski definition) is 1. The van der Waals surface area contributed by atoms with Gasteiger partial charge in [0, 0.05) is 23.4 Å². The Kier molecular flexibility index (Phi) is 5.56. The normalized spacial score (nSPS) is 22.1. The molecule has 0 amide bonds. The number of nitrogens with zero attached hydrogens (tertiary/aromatic N) is 1. The first-order valence-electron chi connectivity index (χ1n) is 6.69. The van der Waals surface area contributed by atoms with Gasteiger partial charge < -0.3 is 10.1 Å². The largest absolute Gasteiger partial charge is 0.478 e. The predicted octanol–water partition coefficient (Wildman–Crippen LogP) is 2.96. The third kappa shape index (κ3) is 3.89. The van der Waals surface area contributed by atoms with Gasteiger partial charge in [-0.3, -0.25) is 0 Å². The van der Waals surface area contributed by atoms with E-state index in [-0.39, 0.29) is 6.61 Å². The van der Waals surface area contributed by atoms with Crippen molar-refractivity contribution in [3.63, 3.8) is 0 Å². The minimum Gasteiger partial charge on any atom is -0.478 e. The topological polar surface area (TPSA) is 45.0 Å². The lowest BCUT2D eigenvalue weighted by atomic mass is 10.1. The maximum atomic E-state index is 8.59. The Morgan fingerprint density at radius 3 is 3.05 bits per heavy atom. The summed E-state index contributed by atoms with van der Waals surface area (Å²) in [5, 5.41) is 13.0.